The third kappa shape index (κ3) is 3.11. The summed E-state index contributed by atoms with van der Waals surface area (Å²) < 4.78 is 0. The molecule has 3 atom stereocenters. The van der Waals surface area contributed by atoms with Crippen LogP contribution in [0, 0.1) is 17.8 Å². The van der Waals surface area contributed by atoms with Crippen LogP contribution in [-0.2, 0) is 0 Å². The first-order chi connectivity index (χ1) is 8.22. The minimum Gasteiger partial charge on any atom is -0.319 e. The van der Waals surface area contributed by atoms with Crippen molar-refractivity contribution in [2.45, 2.75) is 39.0 Å². The summed E-state index contributed by atoms with van der Waals surface area (Å²) in [6, 6.07) is 2.33. The monoisotopic (exact) mass is 251 g/mol. The first-order valence-corrected chi connectivity index (χ1v) is 7.83. The summed E-state index contributed by atoms with van der Waals surface area (Å²) in [6.45, 7) is 5.94. The maximum atomic E-state index is 3.38. The molecule has 3 unspecified atom stereocenters. The van der Waals surface area contributed by atoms with Crippen LogP contribution in [0.1, 0.15) is 44.6 Å². The number of nitrogens with one attached hydrogen (secondary N) is 1. The third-order valence-corrected chi connectivity index (χ3v) is 5.12. The van der Waals surface area contributed by atoms with E-state index in [9.17, 15) is 0 Å². The van der Waals surface area contributed by atoms with E-state index in [2.05, 4.69) is 43.0 Å². The fourth-order valence-corrected chi connectivity index (χ4v) is 4.00. The first kappa shape index (κ1) is 13.1. The van der Waals surface area contributed by atoms with Gasteiger partial charge in [-0.3, -0.25) is 0 Å². The van der Waals surface area contributed by atoms with Gasteiger partial charge in [-0.05, 0) is 78.9 Å². The topological polar surface area (TPSA) is 12.0 Å². The number of hydrogen-bond donors (Lipinski definition) is 1. The highest BCUT2D eigenvalue weighted by Gasteiger charge is 2.32. The third-order valence-electron chi connectivity index (χ3n) is 4.41. The Bertz CT molecular complexity index is 318. The van der Waals surface area contributed by atoms with Gasteiger partial charge in [0.15, 0.2) is 0 Å². The molecule has 1 aromatic rings. The van der Waals surface area contributed by atoms with Gasteiger partial charge in [0, 0.05) is 0 Å². The van der Waals surface area contributed by atoms with E-state index in [0.29, 0.717) is 0 Å². The molecule has 0 aromatic carbocycles. The van der Waals surface area contributed by atoms with Crippen LogP contribution in [0.25, 0.3) is 0 Å². The Kier molecular flexibility index (Phi) is 4.63. The quantitative estimate of drug-likeness (QED) is 0.848. The molecule has 1 aromatic heterocycles. The number of thiophene rings is 1. The maximum Gasteiger partial charge on any atom is -0.00177 e. The van der Waals surface area contributed by atoms with Gasteiger partial charge in [-0.15, -0.1) is 0 Å². The van der Waals surface area contributed by atoms with Crippen LogP contribution in [0.4, 0.5) is 0 Å². The van der Waals surface area contributed by atoms with E-state index < -0.39 is 0 Å². The van der Waals surface area contributed by atoms with Crippen LogP contribution in [0.5, 0.6) is 0 Å². The summed E-state index contributed by atoms with van der Waals surface area (Å²) in [4.78, 5) is 0. The van der Waals surface area contributed by atoms with Crippen LogP contribution < -0.4 is 5.32 Å². The second-order valence-corrected chi connectivity index (χ2v) is 6.58. The van der Waals surface area contributed by atoms with Crippen LogP contribution >= 0.6 is 11.3 Å². The van der Waals surface area contributed by atoms with E-state index in [1.807, 2.05) is 11.3 Å². The van der Waals surface area contributed by atoms with E-state index in [1.165, 1.54) is 25.8 Å². The molecule has 1 heterocycles. The molecular formula is C15H25NS. The molecule has 1 fully saturated rings. The van der Waals surface area contributed by atoms with Gasteiger partial charge in [0.05, 0.1) is 0 Å². The van der Waals surface area contributed by atoms with Gasteiger partial charge in [-0.2, -0.15) is 11.3 Å². The van der Waals surface area contributed by atoms with E-state index in [0.717, 1.165) is 23.7 Å². The number of hydrogen-bond acceptors (Lipinski definition) is 2. The van der Waals surface area contributed by atoms with Crippen molar-refractivity contribution < 1.29 is 0 Å². The summed E-state index contributed by atoms with van der Waals surface area (Å²) in [5.41, 5.74) is 1.58. The molecule has 0 saturated heterocycles. The molecule has 0 spiro atoms. The highest BCUT2D eigenvalue weighted by Crippen LogP contribution is 2.43. The summed E-state index contributed by atoms with van der Waals surface area (Å²) in [7, 11) is 2.08. The lowest BCUT2D eigenvalue weighted by Crippen LogP contribution is -2.31. The zero-order chi connectivity index (χ0) is 12.3. The molecule has 0 bridgehead atoms. The van der Waals surface area contributed by atoms with Crippen molar-refractivity contribution in [2.75, 3.05) is 13.6 Å². The predicted octanol–water partition coefficient (Wildman–Crippen LogP) is 4.12. The molecule has 1 nitrogen and oxygen atoms in total. The van der Waals surface area contributed by atoms with Crippen molar-refractivity contribution in [1.29, 1.82) is 0 Å². The van der Waals surface area contributed by atoms with Crippen molar-refractivity contribution in [2.24, 2.45) is 17.8 Å². The normalized spacial score (nSPS) is 29.8. The van der Waals surface area contributed by atoms with Gasteiger partial charge in [0.2, 0.25) is 0 Å². The smallest absolute Gasteiger partial charge is 0.00177 e. The fraction of sp³-hybridized carbons (Fsp3) is 0.733. The standard InChI is InChI=1S/C15H25NS/c1-11(2)12-4-5-13(9-16-3)15(8-12)14-6-7-17-10-14/h6-7,10-13,15-16H,4-5,8-9H2,1-3H3. The largest absolute Gasteiger partial charge is 0.319 e. The zero-order valence-corrected chi connectivity index (χ0v) is 12.1. The second kappa shape index (κ2) is 6.01. The molecule has 0 amide bonds. The summed E-state index contributed by atoms with van der Waals surface area (Å²) in [5, 5.41) is 7.96. The Balaban J connectivity index is 2.10. The average Bonchev–Trinajstić information content (AvgIpc) is 2.83. The summed E-state index contributed by atoms with van der Waals surface area (Å²) >= 11 is 1.84. The minimum absolute atomic E-state index is 0.787. The van der Waals surface area contributed by atoms with Crippen molar-refractivity contribution >= 4 is 11.3 Å². The van der Waals surface area contributed by atoms with E-state index in [1.54, 1.807) is 5.56 Å². The molecule has 0 aliphatic heterocycles. The van der Waals surface area contributed by atoms with E-state index >= 15 is 0 Å². The Morgan fingerprint density at radius 2 is 2.24 bits per heavy atom. The first-order valence-electron chi connectivity index (χ1n) is 6.89. The van der Waals surface area contributed by atoms with Crippen molar-refractivity contribution in [3.05, 3.63) is 22.4 Å². The van der Waals surface area contributed by atoms with E-state index in [4.69, 9.17) is 0 Å². The van der Waals surface area contributed by atoms with E-state index in [-0.39, 0.29) is 0 Å². The van der Waals surface area contributed by atoms with Crippen LogP contribution in [0.15, 0.2) is 16.8 Å². The second-order valence-electron chi connectivity index (χ2n) is 5.80. The van der Waals surface area contributed by atoms with Crippen LogP contribution in [0.3, 0.4) is 0 Å². The van der Waals surface area contributed by atoms with Crippen molar-refractivity contribution in [3.63, 3.8) is 0 Å². The Morgan fingerprint density at radius 1 is 1.41 bits per heavy atom. The van der Waals surface area contributed by atoms with Gasteiger partial charge in [0.25, 0.3) is 0 Å². The predicted molar refractivity (Wildman–Crippen MR) is 76.7 cm³/mol. The molecule has 17 heavy (non-hydrogen) atoms. The lowest BCUT2D eigenvalue weighted by Gasteiger charge is -2.37. The Morgan fingerprint density at radius 3 is 2.82 bits per heavy atom. The lowest BCUT2D eigenvalue weighted by molar-refractivity contribution is 0.192. The van der Waals surface area contributed by atoms with Gasteiger partial charge in [-0.25, -0.2) is 0 Å². The lowest BCUT2D eigenvalue weighted by atomic mass is 9.68. The molecule has 2 heteroatoms. The molecule has 1 N–H and O–H groups in total. The highest BCUT2D eigenvalue weighted by molar-refractivity contribution is 7.07. The van der Waals surface area contributed by atoms with Gasteiger partial charge in [-0.1, -0.05) is 13.8 Å². The van der Waals surface area contributed by atoms with Gasteiger partial charge >= 0.3 is 0 Å². The Labute approximate surface area is 110 Å². The van der Waals surface area contributed by atoms with Crippen LogP contribution in [-0.4, -0.2) is 13.6 Å². The van der Waals surface area contributed by atoms with Crippen molar-refractivity contribution in [3.8, 4) is 0 Å². The molecule has 96 valence electrons. The molecule has 2 rings (SSSR count). The highest BCUT2D eigenvalue weighted by atomic mass is 32.1. The molecular weight excluding hydrogens is 226 g/mol. The maximum absolute atomic E-state index is 3.38. The number of rotatable bonds is 4. The molecule has 1 aliphatic rings. The zero-order valence-electron chi connectivity index (χ0n) is 11.3. The molecule has 1 aliphatic carbocycles. The minimum atomic E-state index is 0.787. The molecule has 0 radical (unpaired) electrons. The van der Waals surface area contributed by atoms with Gasteiger partial charge in [0.1, 0.15) is 0 Å². The summed E-state index contributed by atoms with van der Waals surface area (Å²) in [5.74, 6) is 3.39. The van der Waals surface area contributed by atoms with Gasteiger partial charge < -0.3 is 5.32 Å². The SMILES string of the molecule is CNCC1CCC(C(C)C)CC1c1ccsc1. The average molecular weight is 251 g/mol. The Hall–Kier alpha value is -0.340. The molecule has 1 saturated carbocycles. The van der Waals surface area contributed by atoms with Crippen molar-refractivity contribution in [1.82, 2.24) is 5.32 Å². The fourth-order valence-electron chi connectivity index (χ4n) is 3.27. The summed E-state index contributed by atoms with van der Waals surface area (Å²) in [6.07, 6.45) is 4.20. The van der Waals surface area contributed by atoms with Crippen LogP contribution in [0.2, 0.25) is 0 Å².